The molecule has 2 aromatic heterocycles. The lowest BCUT2D eigenvalue weighted by atomic mass is 10.0. The molecule has 4 heterocycles. The molecule has 0 radical (unpaired) electrons. The SMILES string of the molecule is CC1CCCN(c2nnc(SC(C)C(=O)N3CCNC3=O)n2Cc2ccco2)C1. The van der Waals surface area contributed by atoms with Crippen LogP contribution >= 0.6 is 11.8 Å². The molecule has 2 saturated heterocycles. The Bertz CT molecular complexity index is 867. The van der Waals surface area contributed by atoms with Crippen LogP contribution < -0.4 is 10.2 Å². The van der Waals surface area contributed by atoms with E-state index < -0.39 is 5.25 Å². The van der Waals surface area contributed by atoms with Gasteiger partial charge < -0.3 is 14.6 Å². The molecule has 2 atom stereocenters. The van der Waals surface area contributed by atoms with Crippen molar-refractivity contribution < 1.29 is 14.0 Å². The Kier molecular flexibility index (Phi) is 5.79. The number of carbonyl (C=O) groups is 2. The molecule has 0 aromatic carbocycles. The van der Waals surface area contributed by atoms with E-state index in [0.717, 1.165) is 31.2 Å². The summed E-state index contributed by atoms with van der Waals surface area (Å²) < 4.78 is 7.55. The zero-order valence-electron chi connectivity index (χ0n) is 16.7. The summed E-state index contributed by atoms with van der Waals surface area (Å²) in [7, 11) is 0. The number of nitrogens with zero attached hydrogens (tertiary/aromatic N) is 5. The average Bonchev–Trinajstić information content (AvgIpc) is 3.44. The largest absolute Gasteiger partial charge is 0.467 e. The smallest absolute Gasteiger partial charge is 0.324 e. The van der Waals surface area contributed by atoms with E-state index in [-0.39, 0.29) is 11.9 Å². The minimum Gasteiger partial charge on any atom is -0.467 e. The molecule has 0 spiro atoms. The highest BCUT2D eigenvalue weighted by atomic mass is 32.2. The number of urea groups is 1. The van der Waals surface area contributed by atoms with Crippen molar-refractivity contribution in [3.8, 4) is 0 Å². The molecule has 2 fully saturated rings. The maximum atomic E-state index is 12.7. The second-order valence-corrected chi connectivity index (χ2v) is 8.93. The summed E-state index contributed by atoms with van der Waals surface area (Å²) in [6.45, 7) is 7.31. The van der Waals surface area contributed by atoms with Crippen molar-refractivity contribution >= 4 is 29.6 Å². The molecule has 2 unspecified atom stereocenters. The normalized spacial score (nSPS) is 20.8. The Balaban J connectivity index is 1.57. The van der Waals surface area contributed by atoms with E-state index >= 15 is 0 Å². The first-order valence-corrected chi connectivity index (χ1v) is 10.9. The molecule has 4 rings (SSSR count). The van der Waals surface area contributed by atoms with Gasteiger partial charge in [0, 0.05) is 26.2 Å². The third-order valence-electron chi connectivity index (χ3n) is 5.28. The topological polar surface area (TPSA) is 96.5 Å². The van der Waals surface area contributed by atoms with Crippen LogP contribution in [0.4, 0.5) is 10.7 Å². The first-order valence-electron chi connectivity index (χ1n) is 9.99. The lowest BCUT2D eigenvalue weighted by Gasteiger charge is -2.31. The third-order valence-corrected chi connectivity index (χ3v) is 6.35. The molecule has 156 valence electrons. The van der Waals surface area contributed by atoms with Gasteiger partial charge in [-0.1, -0.05) is 18.7 Å². The molecule has 0 saturated carbocycles. The standard InChI is InChI=1S/C19H26N6O3S/c1-13-5-3-8-23(11-13)17-21-22-19(25(17)12-15-6-4-10-28-15)29-14(2)16(26)24-9-7-20-18(24)27/h4,6,10,13-14H,3,5,7-9,11-12H2,1-2H3,(H,20,27). The average molecular weight is 419 g/mol. The Hall–Kier alpha value is -2.49. The number of aromatic nitrogens is 3. The molecule has 3 amide bonds. The van der Waals surface area contributed by atoms with Crippen LogP contribution in [0.15, 0.2) is 28.0 Å². The second-order valence-electron chi connectivity index (χ2n) is 7.62. The molecule has 2 aliphatic heterocycles. The van der Waals surface area contributed by atoms with Gasteiger partial charge in [-0.2, -0.15) is 0 Å². The number of hydrogen-bond acceptors (Lipinski definition) is 7. The molecule has 2 aliphatic rings. The summed E-state index contributed by atoms with van der Waals surface area (Å²) in [5.41, 5.74) is 0. The summed E-state index contributed by atoms with van der Waals surface area (Å²) >= 11 is 1.32. The van der Waals surface area contributed by atoms with E-state index in [4.69, 9.17) is 4.42 Å². The van der Waals surface area contributed by atoms with Gasteiger partial charge in [-0.25, -0.2) is 4.79 Å². The number of rotatable bonds is 6. The summed E-state index contributed by atoms with van der Waals surface area (Å²) in [5.74, 6) is 1.98. The van der Waals surface area contributed by atoms with Crippen LogP contribution in [0.3, 0.4) is 0 Å². The van der Waals surface area contributed by atoms with Crippen molar-refractivity contribution in [2.75, 3.05) is 31.1 Å². The summed E-state index contributed by atoms with van der Waals surface area (Å²) in [4.78, 5) is 28.0. The van der Waals surface area contributed by atoms with Gasteiger partial charge in [-0.3, -0.25) is 14.3 Å². The first-order chi connectivity index (χ1) is 14.0. The molecule has 29 heavy (non-hydrogen) atoms. The maximum absolute atomic E-state index is 12.7. The molecule has 0 bridgehead atoms. The van der Waals surface area contributed by atoms with Gasteiger partial charge in [0.25, 0.3) is 0 Å². The molecular weight excluding hydrogens is 392 g/mol. The van der Waals surface area contributed by atoms with Gasteiger partial charge in [0.2, 0.25) is 11.9 Å². The first kappa shape index (κ1) is 19.8. The fourth-order valence-corrected chi connectivity index (χ4v) is 4.69. The van der Waals surface area contributed by atoms with Gasteiger partial charge in [-0.15, -0.1) is 10.2 Å². The predicted molar refractivity (Wildman–Crippen MR) is 109 cm³/mol. The summed E-state index contributed by atoms with van der Waals surface area (Å²) in [6.07, 6.45) is 3.98. The van der Waals surface area contributed by atoms with E-state index in [9.17, 15) is 9.59 Å². The lowest BCUT2D eigenvalue weighted by Crippen LogP contribution is -2.39. The van der Waals surface area contributed by atoms with Crippen molar-refractivity contribution in [1.82, 2.24) is 25.0 Å². The maximum Gasteiger partial charge on any atom is 0.324 e. The van der Waals surface area contributed by atoms with Crippen LogP contribution in [0.5, 0.6) is 0 Å². The number of carbonyl (C=O) groups excluding carboxylic acids is 2. The van der Waals surface area contributed by atoms with Gasteiger partial charge in [0.05, 0.1) is 18.1 Å². The van der Waals surface area contributed by atoms with Gasteiger partial charge in [0.15, 0.2) is 5.16 Å². The zero-order valence-corrected chi connectivity index (χ0v) is 17.5. The number of anilines is 1. The fourth-order valence-electron chi connectivity index (χ4n) is 3.78. The van der Waals surface area contributed by atoms with E-state index in [0.29, 0.717) is 30.7 Å². The van der Waals surface area contributed by atoms with E-state index in [1.54, 1.807) is 13.2 Å². The van der Waals surface area contributed by atoms with Gasteiger partial charge in [0.1, 0.15) is 5.76 Å². The van der Waals surface area contributed by atoms with Crippen LogP contribution in [-0.2, 0) is 11.3 Å². The number of nitrogens with one attached hydrogen (secondary N) is 1. The van der Waals surface area contributed by atoms with Crippen LogP contribution in [-0.4, -0.2) is 63.0 Å². The van der Waals surface area contributed by atoms with E-state index in [2.05, 4.69) is 27.3 Å². The molecule has 10 heteroatoms. The van der Waals surface area contributed by atoms with Crippen molar-refractivity contribution in [2.45, 2.75) is 43.6 Å². The highest BCUT2D eigenvalue weighted by Gasteiger charge is 2.32. The quantitative estimate of drug-likeness (QED) is 0.718. The monoisotopic (exact) mass is 418 g/mol. The van der Waals surface area contributed by atoms with E-state index in [1.807, 2.05) is 16.7 Å². The van der Waals surface area contributed by atoms with Crippen LogP contribution in [0.25, 0.3) is 0 Å². The van der Waals surface area contributed by atoms with Gasteiger partial charge >= 0.3 is 6.03 Å². The second kappa shape index (κ2) is 8.48. The Morgan fingerprint density at radius 2 is 2.28 bits per heavy atom. The number of amides is 3. The van der Waals surface area contributed by atoms with Crippen molar-refractivity contribution in [2.24, 2.45) is 5.92 Å². The number of furan rings is 1. The lowest BCUT2D eigenvalue weighted by molar-refractivity contribution is -0.126. The summed E-state index contributed by atoms with van der Waals surface area (Å²) in [5, 5.41) is 11.7. The summed E-state index contributed by atoms with van der Waals surface area (Å²) in [6, 6.07) is 3.44. The Labute approximate surface area is 173 Å². The van der Waals surface area contributed by atoms with Crippen LogP contribution in [0, 0.1) is 5.92 Å². The highest BCUT2D eigenvalue weighted by Crippen LogP contribution is 2.30. The molecule has 0 aliphatic carbocycles. The van der Waals surface area contributed by atoms with Crippen LogP contribution in [0.1, 0.15) is 32.4 Å². The third kappa shape index (κ3) is 4.26. The fraction of sp³-hybridized carbons (Fsp3) is 0.579. The Morgan fingerprint density at radius 3 is 2.97 bits per heavy atom. The minimum absolute atomic E-state index is 0.217. The van der Waals surface area contributed by atoms with Crippen LogP contribution in [0.2, 0.25) is 0 Å². The van der Waals surface area contributed by atoms with Crippen molar-refractivity contribution in [3.63, 3.8) is 0 Å². The number of hydrogen-bond donors (Lipinski definition) is 1. The highest BCUT2D eigenvalue weighted by molar-refractivity contribution is 8.00. The predicted octanol–water partition coefficient (Wildman–Crippen LogP) is 2.19. The molecular formula is C19H26N6O3S. The Morgan fingerprint density at radius 1 is 1.41 bits per heavy atom. The molecule has 2 aromatic rings. The van der Waals surface area contributed by atoms with Crippen molar-refractivity contribution in [1.29, 1.82) is 0 Å². The number of imide groups is 1. The minimum atomic E-state index is -0.452. The van der Waals surface area contributed by atoms with E-state index in [1.165, 1.54) is 23.1 Å². The molecule has 9 nitrogen and oxygen atoms in total. The van der Waals surface area contributed by atoms with Crippen molar-refractivity contribution in [3.05, 3.63) is 24.2 Å². The number of piperidine rings is 1. The van der Waals surface area contributed by atoms with Gasteiger partial charge in [-0.05, 0) is 37.8 Å². The molecule has 1 N–H and O–H groups in total. The zero-order chi connectivity index (χ0) is 20.4. The number of thioether (sulfide) groups is 1.